The molecule has 0 spiro atoms. The van der Waals surface area contributed by atoms with Crippen LogP contribution in [0.1, 0.15) is 87.2 Å². The van der Waals surface area contributed by atoms with Gasteiger partial charge >= 0.3 is 53.2 Å². The monoisotopic (exact) mass is 1930 g/mol. The topological polar surface area (TPSA) is 567 Å². The molecule has 4 aromatic heterocycles. The summed E-state index contributed by atoms with van der Waals surface area (Å²) in [5.41, 5.74) is 32.3. The van der Waals surface area contributed by atoms with E-state index in [1.165, 1.54) is 28.4 Å². The van der Waals surface area contributed by atoms with Gasteiger partial charge in [-0.15, -0.1) is 0 Å². The van der Waals surface area contributed by atoms with Crippen molar-refractivity contribution in [1.82, 2.24) is 36.5 Å². The smallest absolute Gasteiger partial charge is 0.456 e. The molecule has 4 fully saturated rings. The standard InChI is InChI=1S/C21H23F2N5O7.C21H25F2N5O6.C20H23F2N5O7.C20H23F2N5O6/c1-4-14-16(25-26-24)17(35-21(22,23)19(30)33-3)18(34-14)27-10-9-15(29)28(20(27)31)11-12-5-7-13(32-2)8-6-12;1-4-15-17(25-26-24)18(34-21(22,23)12-31-2)19(33-15)27-10-9-16(29)28(20(27)30)11-13-5-7-14(32-3)8-6-13;1-31-11-20(21,22)34-17-16(24-25-23)14(10-28)33-18(17)26-8-7-15(29)27(19(26)30)9-12-3-5-13(32-2)6-4-12;1-3-14-16(24-25-23)17(33-20(21,22)11-28)18(32-14)26-9-8-15(29)27(19(26)30)10-12-4-6-13(31-2)7-5-12/h5-10,14,16-18H,4,11H2,1-3H3;5-10,15,17-19H,4,11-12H2,1-3H3;3-8,14,16-18,28H,9-11H2,1-2H3;4-9,14,16-18,28H,3,10-11H2,1-2H3/t14-,16-,17-,18-;15-,17-,18-,19-;2*14-,16-,17-,18-/m1111/s1. The maximum atomic E-state index is 14.4. The van der Waals surface area contributed by atoms with Crippen molar-refractivity contribution in [2.45, 2.75) is 189 Å². The van der Waals surface area contributed by atoms with Gasteiger partial charge in [0.15, 0.2) is 24.9 Å². The van der Waals surface area contributed by atoms with Crippen molar-refractivity contribution in [2.75, 3.05) is 76.2 Å². The lowest BCUT2D eigenvalue weighted by atomic mass is 10.1. The quantitative estimate of drug-likeness (QED) is 0.0121. The van der Waals surface area contributed by atoms with Crippen LogP contribution >= 0.6 is 0 Å². The number of esters is 1. The number of benzene rings is 4. The van der Waals surface area contributed by atoms with Gasteiger partial charge in [0.1, 0.15) is 67.2 Å². The minimum Gasteiger partial charge on any atom is -0.497 e. The second-order valence-corrected chi connectivity index (χ2v) is 29.8. The van der Waals surface area contributed by atoms with E-state index in [-0.39, 0.29) is 39.0 Å². The molecule has 54 heteroatoms. The zero-order chi connectivity index (χ0) is 99.7. The van der Waals surface area contributed by atoms with E-state index in [4.69, 9.17) is 84.1 Å². The first-order chi connectivity index (χ1) is 64.9. The van der Waals surface area contributed by atoms with Gasteiger partial charge in [-0.3, -0.25) is 55.7 Å². The van der Waals surface area contributed by atoms with E-state index >= 15 is 0 Å². The number of carbonyl (C=O) groups is 1. The SMILES string of the molecule is CC[C@H]1O[C@@H](n2ccc(=O)n(Cc3ccc(OC)cc3)c2=O)[C@H](OC(F)(F)C(=O)OC)[C@@H]1N=[N+]=[N-].CC[C@H]1O[C@@H](n2ccc(=O)n(Cc3ccc(OC)cc3)c2=O)[C@H](OC(F)(F)CO)[C@@H]1N=[N+]=[N-].CC[C@H]1O[C@@H](n2ccc(=O)n(Cc3ccc(OC)cc3)c2=O)[C@H](OC(F)(F)COC)[C@@H]1N=[N+]=[N-].COCC(F)(F)O[C@@H]1[C@H](N=[N+]=[N-])[C@@H](CO)O[C@H]1n1ccc(=O)n(Cc2ccc(OC)cc2)c1=O. The number of aliphatic hydroxyl groups is 2. The number of alkyl halides is 8. The first-order valence-electron chi connectivity index (χ1n) is 41.0. The molecule has 4 aromatic carbocycles. The number of hydrogen-bond acceptors (Lipinski definition) is 30. The van der Waals surface area contributed by atoms with Crippen molar-refractivity contribution >= 4 is 5.97 Å². The normalized spacial score (nSPS) is 22.3. The van der Waals surface area contributed by atoms with Gasteiger partial charge in [-0.2, -0.15) is 35.1 Å². The summed E-state index contributed by atoms with van der Waals surface area (Å²) in [6.45, 7) is 0.138. The predicted octanol–water partition coefficient (Wildman–Crippen LogP) is 8.17. The third-order valence-electron chi connectivity index (χ3n) is 21.3. The summed E-state index contributed by atoms with van der Waals surface area (Å²) < 4.78 is 197. The summed E-state index contributed by atoms with van der Waals surface area (Å²) in [4.78, 5) is 125. The number of azide groups is 4. The zero-order valence-corrected chi connectivity index (χ0v) is 74.0. The summed E-state index contributed by atoms with van der Waals surface area (Å²) in [6.07, 6.45) is -27.0. The van der Waals surface area contributed by atoms with Gasteiger partial charge < -0.3 is 81.3 Å². The molecular weight excluding hydrogens is 1830 g/mol. The largest absolute Gasteiger partial charge is 0.497 e. The number of ether oxygens (including phenoxy) is 15. The molecular formula is C82H94F8N20O26. The maximum absolute atomic E-state index is 14.4. The first-order valence-corrected chi connectivity index (χ1v) is 41.0. The molecule has 0 amide bonds. The number of carbonyl (C=O) groups excluding carboxylic acids is 1. The van der Waals surface area contributed by atoms with Crippen molar-refractivity contribution in [2.24, 2.45) is 20.5 Å². The first kappa shape index (κ1) is 106. The van der Waals surface area contributed by atoms with Gasteiger partial charge in [0, 0.05) is 82.9 Å². The van der Waals surface area contributed by atoms with Gasteiger partial charge in [-0.1, -0.05) is 89.8 Å². The molecule has 8 heterocycles. The van der Waals surface area contributed by atoms with Gasteiger partial charge in [0.05, 0.1) is 117 Å². The lowest BCUT2D eigenvalue weighted by Crippen LogP contribution is -2.47. The summed E-state index contributed by atoms with van der Waals surface area (Å²) in [5, 5.41) is 32.6. The van der Waals surface area contributed by atoms with Crippen LogP contribution in [-0.4, -0.2) is 226 Å². The average Bonchev–Trinajstić information content (AvgIpc) is 1.65. The fourth-order valence-electron chi connectivity index (χ4n) is 14.8. The van der Waals surface area contributed by atoms with E-state index in [0.717, 1.165) is 107 Å². The molecule has 46 nitrogen and oxygen atoms in total. The molecule has 16 atom stereocenters. The summed E-state index contributed by atoms with van der Waals surface area (Å²) >= 11 is 0. The Kier molecular flexibility index (Phi) is 37.5. The van der Waals surface area contributed by atoms with Crippen LogP contribution in [0.15, 0.2) is 205 Å². The summed E-state index contributed by atoms with van der Waals surface area (Å²) in [6, 6.07) is 26.0. The van der Waals surface area contributed by atoms with Crippen LogP contribution in [0.25, 0.3) is 41.8 Å². The van der Waals surface area contributed by atoms with Crippen LogP contribution in [0.5, 0.6) is 23.0 Å². The number of methoxy groups -OCH3 is 7. The Labute approximate surface area is 762 Å². The Morgan fingerprint density at radius 3 is 0.816 bits per heavy atom. The highest BCUT2D eigenvalue weighted by atomic mass is 19.3. The molecule has 4 saturated heterocycles. The minimum atomic E-state index is -4.42. The van der Waals surface area contributed by atoms with Crippen LogP contribution in [0, 0.1) is 0 Å². The molecule has 12 rings (SSSR count). The van der Waals surface area contributed by atoms with Crippen molar-refractivity contribution in [3.8, 4) is 23.0 Å². The molecule has 0 unspecified atom stereocenters. The molecule has 734 valence electrons. The highest BCUT2D eigenvalue weighted by Crippen LogP contribution is 2.43. The molecule has 2 N–H and O–H groups in total. The Balaban J connectivity index is 0.000000203. The molecule has 4 aliphatic rings. The highest BCUT2D eigenvalue weighted by Gasteiger charge is 2.56. The van der Waals surface area contributed by atoms with E-state index < -0.39 is 200 Å². The third kappa shape index (κ3) is 25.9. The molecule has 0 saturated carbocycles. The Morgan fingerprint density at radius 2 is 0.603 bits per heavy atom. The van der Waals surface area contributed by atoms with Crippen LogP contribution in [0.2, 0.25) is 0 Å². The summed E-state index contributed by atoms with van der Waals surface area (Å²) in [5.74, 6) is 0.375. The Hall–Kier alpha value is -13.5. The third-order valence-corrected chi connectivity index (χ3v) is 21.3. The van der Waals surface area contributed by atoms with Crippen LogP contribution in [-0.2, 0) is 83.1 Å². The maximum Gasteiger partial charge on any atom is 0.456 e. The highest BCUT2D eigenvalue weighted by molar-refractivity contribution is 5.75. The second kappa shape index (κ2) is 48.1. The number of halogens is 8. The fourth-order valence-corrected chi connectivity index (χ4v) is 14.8. The van der Waals surface area contributed by atoms with Crippen molar-refractivity contribution < 1.29 is 121 Å². The van der Waals surface area contributed by atoms with Gasteiger partial charge in [0.25, 0.3) is 22.2 Å². The molecule has 0 bridgehead atoms. The van der Waals surface area contributed by atoms with Crippen LogP contribution < -0.4 is 63.9 Å². The number of rotatable bonds is 38. The van der Waals surface area contributed by atoms with E-state index in [0.29, 0.717) is 51.7 Å². The van der Waals surface area contributed by atoms with E-state index in [2.05, 4.69) is 54.3 Å². The van der Waals surface area contributed by atoms with Crippen molar-refractivity contribution in [3.63, 3.8) is 0 Å². The predicted molar refractivity (Wildman–Crippen MR) is 456 cm³/mol. The molecule has 4 aliphatic heterocycles. The molecule has 0 radical (unpaired) electrons. The van der Waals surface area contributed by atoms with E-state index in [9.17, 15) is 83.4 Å². The van der Waals surface area contributed by atoms with E-state index in [1.54, 1.807) is 118 Å². The fraction of sp³-hybridized carbons (Fsp3) is 0.500. The van der Waals surface area contributed by atoms with Gasteiger partial charge in [-0.25, -0.2) is 24.0 Å². The summed E-state index contributed by atoms with van der Waals surface area (Å²) in [7, 11) is 8.88. The lowest BCUT2D eigenvalue weighted by molar-refractivity contribution is -0.294. The molecule has 0 aliphatic carbocycles. The number of nitrogens with zero attached hydrogens (tertiary/aromatic N) is 20. The van der Waals surface area contributed by atoms with Crippen LogP contribution in [0.4, 0.5) is 35.1 Å². The minimum absolute atomic E-state index is 0.0719. The lowest BCUT2D eigenvalue weighted by Gasteiger charge is -2.27. The van der Waals surface area contributed by atoms with E-state index in [1.807, 2.05) is 0 Å². The van der Waals surface area contributed by atoms with Gasteiger partial charge in [0.2, 0.25) is 0 Å². The van der Waals surface area contributed by atoms with Crippen molar-refractivity contribution in [1.29, 1.82) is 0 Å². The number of aliphatic hydroxyl groups excluding tert-OH is 2. The second-order valence-electron chi connectivity index (χ2n) is 29.8. The van der Waals surface area contributed by atoms with Crippen LogP contribution in [0.3, 0.4) is 0 Å². The Bertz CT molecular complexity index is 5930. The zero-order valence-electron chi connectivity index (χ0n) is 74.0. The molecule has 8 aromatic rings. The van der Waals surface area contributed by atoms with Gasteiger partial charge in [-0.05, 0) is 112 Å². The Morgan fingerprint density at radius 1 is 0.368 bits per heavy atom. The average molecular weight is 1930 g/mol. The van der Waals surface area contributed by atoms with Crippen molar-refractivity contribution in [3.05, 3.63) is 293 Å². The number of aromatic nitrogens is 8. The number of hydrogen-bond donors (Lipinski definition) is 2. The molecule has 136 heavy (non-hydrogen) atoms.